The number of benzene rings is 3. The van der Waals surface area contributed by atoms with E-state index in [1.54, 1.807) is 0 Å². The predicted octanol–water partition coefficient (Wildman–Crippen LogP) is 5.03. The Morgan fingerprint density at radius 3 is 2.61 bits per heavy atom. The van der Waals surface area contributed by atoms with Crippen molar-refractivity contribution in [3.63, 3.8) is 0 Å². The number of hydrogen-bond acceptors (Lipinski definition) is 4. The van der Waals surface area contributed by atoms with E-state index in [1.807, 2.05) is 60.9 Å². The Kier molecular flexibility index (Phi) is 4.74. The number of nitriles is 1. The summed E-state index contributed by atoms with van der Waals surface area (Å²) in [6.45, 7) is 0. The van der Waals surface area contributed by atoms with E-state index in [0.29, 0.717) is 18.4 Å². The molecule has 28 heavy (non-hydrogen) atoms. The lowest BCUT2D eigenvalue weighted by Crippen LogP contribution is -2.01. The van der Waals surface area contributed by atoms with Crippen molar-refractivity contribution >= 4 is 27.5 Å². The van der Waals surface area contributed by atoms with Gasteiger partial charge in [0, 0.05) is 35.2 Å². The summed E-state index contributed by atoms with van der Waals surface area (Å²) in [7, 11) is 1.41. The molecule has 0 radical (unpaired) electrons. The highest BCUT2D eigenvalue weighted by molar-refractivity contribution is 6.06. The van der Waals surface area contributed by atoms with E-state index in [2.05, 4.69) is 17.1 Å². The molecule has 4 aromatic rings. The zero-order chi connectivity index (χ0) is 19.5. The number of carbonyl (C=O) groups excluding carboxylic acids is 1. The van der Waals surface area contributed by atoms with Gasteiger partial charge in [0.2, 0.25) is 0 Å². The standard InChI is InChI=1S/C24H18N2O2/c1-28-24(27)11-7-16-6-8-18-14-26-15-23(22(18)12-16)21-10-9-17(13-25)19-4-2-3-5-20(19)21/h2-6,8-10,12,14-15H,7,11H2,1H3. The monoisotopic (exact) mass is 366 g/mol. The van der Waals surface area contributed by atoms with E-state index in [4.69, 9.17) is 4.74 Å². The molecule has 1 aromatic heterocycles. The Morgan fingerprint density at radius 1 is 1.00 bits per heavy atom. The highest BCUT2D eigenvalue weighted by Gasteiger charge is 2.11. The first-order chi connectivity index (χ1) is 13.7. The number of fused-ring (bicyclic) bond motifs is 2. The smallest absolute Gasteiger partial charge is 0.305 e. The average Bonchev–Trinajstić information content (AvgIpc) is 2.76. The fourth-order valence-corrected chi connectivity index (χ4v) is 3.56. The van der Waals surface area contributed by atoms with Gasteiger partial charge in [0.05, 0.1) is 18.7 Å². The molecule has 4 rings (SSSR count). The first-order valence-corrected chi connectivity index (χ1v) is 9.07. The number of ether oxygens (including phenoxy) is 1. The van der Waals surface area contributed by atoms with Gasteiger partial charge in [0.25, 0.3) is 0 Å². The molecule has 0 atom stereocenters. The molecule has 0 fully saturated rings. The van der Waals surface area contributed by atoms with Crippen LogP contribution in [0.3, 0.4) is 0 Å². The second kappa shape index (κ2) is 7.50. The zero-order valence-corrected chi connectivity index (χ0v) is 15.5. The van der Waals surface area contributed by atoms with Crippen molar-refractivity contribution in [2.45, 2.75) is 12.8 Å². The summed E-state index contributed by atoms with van der Waals surface area (Å²) in [5, 5.41) is 13.5. The predicted molar refractivity (Wildman–Crippen MR) is 110 cm³/mol. The summed E-state index contributed by atoms with van der Waals surface area (Å²) in [5.74, 6) is -0.215. The van der Waals surface area contributed by atoms with Crippen LogP contribution >= 0.6 is 0 Å². The molecule has 0 saturated carbocycles. The summed E-state index contributed by atoms with van der Waals surface area (Å²) < 4.78 is 4.75. The molecule has 0 bridgehead atoms. The summed E-state index contributed by atoms with van der Waals surface area (Å²) in [4.78, 5) is 15.9. The van der Waals surface area contributed by atoms with Gasteiger partial charge in [0.1, 0.15) is 0 Å². The molecule has 136 valence electrons. The van der Waals surface area contributed by atoms with Crippen molar-refractivity contribution in [3.8, 4) is 17.2 Å². The number of pyridine rings is 1. The minimum Gasteiger partial charge on any atom is -0.469 e. The Labute approximate surface area is 163 Å². The lowest BCUT2D eigenvalue weighted by molar-refractivity contribution is -0.140. The molecule has 0 N–H and O–H groups in total. The van der Waals surface area contributed by atoms with Crippen LogP contribution in [0.2, 0.25) is 0 Å². The zero-order valence-electron chi connectivity index (χ0n) is 15.5. The number of hydrogen-bond donors (Lipinski definition) is 0. The molecule has 0 aliphatic rings. The Morgan fingerprint density at radius 2 is 1.82 bits per heavy atom. The summed E-state index contributed by atoms with van der Waals surface area (Å²) >= 11 is 0. The van der Waals surface area contributed by atoms with Gasteiger partial charge in [-0.05, 0) is 34.4 Å². The van der Waals surface area contributed by atoms with Crippen LogP contribution in [0.1, 0.15) is 17.5 Å². The number of carbonyl (C=O) groups is 1. The highest BCUT2D eigenvalue weighted by Crippen LogP contribution is 2.35. The van der Waals surface area contributed by atoms with E-state index in [9.17, 15) is 10.1 Å². The number of rotatable bonds is 4. The number of aryl methyl sites for hydroxylation is 1. The maximum atomic E-state index is 11.5. The highest BCUT2D eigenvalue weighted by atomic mass is 16.5. The largest absolute Gasteiger partial charge is 0.469 e. The molecule has 0 aliphatic heterocycles. The molecule has 0 amide bonds. The van der Waals surface area contributed by atoms with E-state index in [0.717, 1.165) is 38.2 Å². The molecule has 0 spiro atoms. The lowest BCUT2D eigenvalue weighted by Gasteiger charge is -2.12. The number of nitrogens with zero attached hydrogens (tertiary/aromatic N) is 2. The van der Waals surface area contributed by atoms with Gasteiger partial charge in [-0.25, -0.2) is 0 Å². The number of esters is 1. The normalized spacial score (nSPS) is 10.7. The van der Waals surface area contributed by atoms with Crippen LogP contribution < -0.4 is 0 Å². The topological polar surface area (TPSA) is 63.0 Å². The summed E-state index contributed by atoms with van der Waals surface area (Å²) in [6, 6.07) is 20.2. The first-order valence-electron chi connectivity index (χ1n) is 9.07. The van der Waals surface area contributed by atoms with Gasteiger partial charge in [-0.15, -0.1) is 0 Å². The summed E-state index contributed by atoms with van der Waals surface area (Å²) in [5.41, 5.74) is 3.78. The van der Waals surface area contributed by atoms with E-state index in [-0.39, 0.29) is 5.97 Å². The minimum absolute atomic E-state index is 0.215. The van der Waals surface area contributed by atoms with Crippen molar-refractivity contribution in [1.82, 2.24) is 4.98 Å². The van der Waals surface area contributed by atoms with Crippen molar-refractivity contribution in [2.24, 2.45) is 0 Å². The maximum Gasteiger partial charge on any atom is 0.305 e. The lowest BCUT2D eigenvalue weighted by atomic mass is 9.92. The van der Waals surface area contributed by atoms with Crippen molar-refractivity contribution in [2.75, 3.05) is 7.11 Å². The van der Waals surface area contributed by atoms with Crippen LogP contribution in [0, 0.1) is 11.3 Å². The molecule has 0 saturated heterocycles. The second-order valence-electron chi connectivity index (χ2n) is 6.64. The van der Waals surface area contributed by atoms with E-state index < -0.39 is 0 Å². The molecule has 0 unspecified atom stereocenters. The molecule has 4 nitrogen and oxygen atoms in total. The molecule has 0 aliphatic carbocycles. The molecule has 3 aromatic carbocycles. The Balaban J connectivity index is 1.89. The van der Waals surface area contributed by atoms with Crippen LogP contribution in [-0.4, -0.2) is 18.1 Å². The third-order valence-corrected chi connectivity index (χ3v) is 5.01. The molecular weight excluding hydrogens is 348 g/mol. The molecule has 1 heterocycles. The van der Waals surface area contributed by atoms with E-state index in [1.165, 1.54) is 7.11 Å². The van der Waals surface area contributed by atoms with Crippen molar-refractivity contribution in [1.29, 1.82) is 5.26 Å². The second-order valence-corrected chi connectivity index (χ2v) is 6.64. The number of methoxy groups -OCH3 is 1. The van der Waals surface area contributed by atoms with Crippen molar-refractivity contribution in [3.05, 3.63) is 78.1 Å². The SMILES string of the molecule is COC(=O)CCc1ccc2cncc(-c3ccc(C#N)c4ccccc34)c2c1. The molecular formula is C24H18N2O2. The fraction of sp³-hybridized carbons (Fsp3) is 0.125. The summed E-state index contributed by atoms with van der Waals surface area (Å²) in [6.07, 6.45) is 4.68. The maximum absolute atomic E-state index is 11.5. The average molecular weight is 366 g/mol. The van der Waals surface area contributed by atoms with Crippen LogP contribution in [0.5, 0.6) is 0 Å². The van der Waals surface area contributed by atoms with Gasteiger partial charge in [-0.3, -0.25) is 9.78 Å². The van der Waals surface area contributed by atoms with Crippen LogP contribution in [0.25, 0.3) is 32.7 Å². The minimum atomic E-state index is -0.215. The Hall–Kier alpha value is -3.71. The van der Waals surface area contributed by atoms with Crippen molar-refractivity contribution < 1.29 is 9.53 Å². The van der Waals surface area contributed by atoms with Gasteiger partial charge in [0.15, 0.2) is 0 Å². The third-order valence-electron chi connectivity index (χ3n) is 5.01. The fourth-order valence-electron chi connectivity index (χ4n) is 3.56. The van der Waals surface area contributed by atoms with Crippen LogP contribution in [0.4, 0.5) is 0 Å². The Bertz CT molecular complexity index is 1240. The van der Waals surface area contributed by atoms with Gasteiger partial charge >= 0.3 is 5.97 Å². The van der Waals surface area contributed by atoms with Gasteiger partial charge in [-0.2, -0.15) is 5.26 Å². The molecule has 4 heteroatoms. The van der Waals surface area contributed by atoms with Crippen LogP contribution in [0.15, 0.2) is 67.0 Å². The van der Waals surface area contributed by atoms with E-state index >= 15 is 0 Å². The number of aromatic nitrogens is 1. The van der Waals surface area contributed by atoms with Gasteiger partial charge in [-0.1, -0.05) is 48.5 Å². The first kappa shape index (κ1) is 17.7. The van der Waals surface area contributed by atoms with Gasteiger partial charge < -0.3 is 4.74 Å². The third kappa shape index (κ3) is 3.19. The van der Waals surface area contributed by atoms with Crippen LogP contribution in [-0.2, 0) is 16.0 Å². The quantitative estimate of drug-likeness (QED) is 0.475.